The van der Waals surface area contributed by atoms with Crippen LogP contribution in [0, 0.1) is 5.92 Å². The average molecular weight is 543 g/mol. The molecule has 8 nitrogen and oxygen atoms in total. The Hall–Kier alpha value is -4.20. The van der Waals surface area contributed by atoms with Gasteiger partial charge in [0.05, 0.1) is 25.5 Å². The number of nitrogens with one attached hydrogen (secondary N) is 1. The van der Waals surface area contributed by atoms with Crippen molar-refractivity contribution in [1.29, 1.82) is 0 Å². The summed E-state index contributed by atoms with van der Waals surface area (Å²) in [6.07, 6.45) is 2.01. The van der Waals surface area contributed by atoms with Gasteiger partial charge in [-0.05, 0) is 73.4 Å². The number of rotatable bonds is 7. The SMILES string of the molecule is COc1ccc(C(=O)Nc2ccc(N3CCN(c4ccccc4OC)CC3)c(C(=O)N3CCC(C)CC3)c2)cc1. The summed E-state index contributed by atoms with van der Waals surface area (Å²) < 4.78 is 10.8. The molecule has 0 bridgehead atoms. The van der Waals surface area contributed by atoms with Gasteiger partial charge in [-0.2, -0.15) is 0 Å². The molecule has 2 heterocycles. The third-order valence-electron chi connectivity index (χ3n) is 7.95. The Balaban J connectivity index is 1.37. The molecule has 0 saturated carbocycles. The highest BCUT2D eigenvalue weighted by molar-refractivity contribution is 6.06. The van der Waals surface area contributed by atoms with Gasteiger partial charge >= 0.3 is 0 Å². The molecule has 1 N–H and O–H groups in total. The van der Waals surface area contributed by atoms with Gasteiger partial charge in [0.2, 0.25) is 0 Å². The quantitative estimate of drug-likeness (QED) is 0.445. The van der Waals surface area contributed by atoms with E-state index in [-0.39, 0.29) is 11.8 Å². The molecule has 0 radical (unpaired) electrons. The Morgan fingerprint density at radius 1 is 0.775 bits per heavy atom. The number of carbonyl (C=O) groups excluding carboxylic acids is 2. The number of hydrogen-bond acceptors (Lipinski definition) is 6. The zero-order chi connectivity index (χ0) is 28.1. The van der Waals surface area contributed by atoms with Crippen LogP contribution in [-0.4, -0.2) is 70.2 Å². The summed E-state index contributed by atoms with van der Waals surface area (Å²) in [6.45, 7) is 6.91. The fourth-order valence-corrected chi connectivity index (χ4v) is 5.47. The molecule has 0 atom stereocenters. The third-order valence-corrected chi connectivity index (χ3v) is 7.95. The standard InChI is InChI=1S/C32H38N4O4/c1-23-14-16-36(17-15-23)32(38)27-22-25(33-31(37)24-8-11-26(39-2)12-9-24)10-13-28(27)34-18-20-35(21-19-34)29-6-4-5-7-30(29)40-3/h4-13,22-23H,14-21H2,1-3H3,(H,33,37). The number of ether oxygens (including phenoxy) is 2. The van der Waals surface area contributed by atoms with Crippen LogP contribution in [0.25, 0.3) is 0 Å². The normalized spacial score (nSPS) is 16.0. The van der Waals surface area contributed by atoms with E-state index in [9.17, 15) is 9.59 Å². The van der Waals surface area contributed by atoms with Gasteiger partial charge < -0.3 is 29.5 Å². The van der Waals surface area contributed by atoms with E-state index in [1.807, 2.05) is 41.3 Å². The Bertz CT molecular complexity index is 1330. The first kappa shape index (κ1) is 27.4. The maximum atomic E-state index is 13.9. The first-order chi connectivity index (χ1) is 19.5. The lowest BCUT2D eigenvalue weighted by Crippen LogP contribution is -2.47. The minimum Gasteiger partial charge on any atom is -0.497 e. The molecule has 0 aromatic heterocycles. The number of amides is 2. The van der Waals surface area contributed by atoms with Crippen molar-refractivity contribution in [2.24, 2.45) is 5.92 Å². The highest BCUT2D eigenvalue weighted by Crippen LogP contribution is 2.32. The number of anilines is 3. The van der Waals surface area contributed by atoms with Crippen LogP contribution in [0.3, 0.4) is 0 Å². The molecular formula is C32H38N4O4. The van der Waals surface area contributed by atoms with Gasteiger partial charge in [0, 0.05) is 56.2 Å². The monoisotopic (exact) mass is 542 g/mol. The number of piperazine rings is 1. The van der Waals surface area contributed by atoms with Gasteiger partial charge in [-0.1, -0.05) is 19.1 Å². The lowest BCUT2D eigenvalue weighted by atomic mass is 9.98. The molecule has 8 heteroatoms. The molecule has 0 aliphatic carbocycles. The molecule has 2 aliphatic rings. The Labute approximate surface area is 236 Å². The summed E-state index contributed by atoms with van der Waals surface area (Å²) in [4.78, 5) is 33.4. The third kappa shape index (κ3) is 6.01. The number of piperidine rings is 1. The molecule has 2 saturated heterocycles. The van der Waals surface area contributed by atoms with Crippen LogP contribution >= 0.6 is 0 Å². The largest absolute Gasteiger partial charge is 0.497 e. The van der Waals surface area contributed by atoms with Crippen LogP contribution in [0.4, 0.5) is 17.1 Å². The predicted octanol–water partition coefficient (Wildman–Crippen LogP) is 5.15. The maximum absolute atomic E-state index is 13.9. The van der Waals surface area contributed by atoms with Crippen molar-refractivity contribution < 1.29 is 19.1 Å². The fraction of sp³-hybridized carbons (Fsp3) is 0.375. The molecule has 3 aromatic rings. The minimum atomic E-state index is -0.231. The Kier molecular flexibility index (Phi) is 8.43. The number of likely N-dealkylation sites (tertiary alicyclic amines) is 1. The van der Waals surface area contributed by atoms with E-state index >= 15 is 0 Å². The van der Waals surface area contributed by atoms with E-state index in [0.29, 0.717) is 28.5 Å². The van der Waals surface area contributed by atoms with E-state index in [1.165, 1.54) is 0 Å². The van der Waals surface area contributed by atoms with Gasteiger partial charge in [0.25, 0.3) is 11.8 Å². The van der Waals surface area contributed by atoms with Gasteiger partial charge in [-0.25, -0.2) is 0 Å². The molecule has 3 aromatic carbocycles. The van der Waals surface area contributed by atoms with Crippen molar-refractivity contribution in [1.82, 2.24) is 4.90 Å². The van der Waals surface area contributed by atoms with Crippen LogP contribution in [0.1, 0.15) is 40.5 Å². The molecule has 40 heavy (non-hydrogen) atoms. The van der Waals surface area contributed by atoms with Crippen LogP contribution in [0.15, 0.2) is 66.7 Å². The average Bonchev–Trinajstić information content (AvgIpc) is 3.01. The second-order valence-electron chi connectivity index (χ2n) is 10.5. The van der Waals surface area contributed by atoms with Crippen molar-refractivity contribution in [3.05, 3.63) is 77.9 Å². The number of para-hydroxylation sites is 2. The van der Waals surface area contributed by atoms with Crippen molar-refractivity contribution in [2.75, 3.05) is 68.6 Å². The second-order valence-corrected chi connectivity index (χ2v) is 10.5. The Morgan fingerprint density at radius 3 is 2.08 bits per heavy atom. The summed E-state index contributed by atoms with van der Waals surface area (Å²) in [5.41, 5.74) is 3.75. The number of carbonyl (C=O) groups is 2. The van der Waals surface area contributed by atoms with E-state index in [1.54, 1.807) is 38.5 Å². The van der Waals surface area contributed by atoms with Crippen LogP contribution in [0.2, 0.25) is 0 Å². The van der Waals surface area contributed by atoms with Gasteiger partial charge in [0.1, 0.15) is 11.5 Å². The summed E-state index contributed by atoms with van der Waals surface area (Å²) in [5.74, 6) is 1.97. The summed E-state index contributed by atoms with van der Waals surface area (Å²) in [5, 5.41) is 2.98. The van der Waals surface area contributed by atoms with Gasteiger partial charge in [-0.3, -0.25) is 9.59 Å². The Morgan fingerprint density at radius 2 is 1.43 bits per heavy atom. The zero-order valence-electron chi connectivity index (χ0n) is 23.6. The van der Waals surface area contributed by atoms with Gasteiger partial charge in [0.15, 0.2) is 0 Å². The van der Waals surface area contributed by atoms with Crippen LogP contribution in [-0.2, 0) is 0 Å². The molecule has 2 aliphatic heterocycles. The molecular weight excluding hydrogens is 504 g/mol. The van der Waals surface area contributed by atoms with Crippen molar-refractivity contribution >= 4 is 28.9 Å². The van der Waals surface area contributed by atoms with E-state index in [2.05, 4.69) is 28.1 Å². The van der Waals surface area contributed by atoms with Gasteiger partial charge in [-0.15, -0.1) is 0 Å². The molecule has 0 unspecified atom stereocenters. The summed E-state index contributed by atoms with van der Waals surface area (Å²) in [7, 11) is 3.29. The first-order valence-electron chi connectivity index (χ1n) is 14.0. The molecule has 2 amide bonds. The van der Waals surface area contributed by atoms with Crippen LogP contribution < -0.4 is 24.6 Å². The lowest BCUT2D eigenvalue weighted by molar-refractivity contribution is 0.0697. The summed E-state index contributed by atoms with van der Waals surface area (Å²) >= 11 is 0. The van der Waals surface area contributed by atoms with Crippen molar-refractivity contribution in [3.8, 4) is 11.5 Å². The topological polar surface area (TPSA) is 74.4 Å². The lowest BCUT2D eigenvalue weighted by Gasteiger charge is -2.39. The number of nitrogens with zero attached hydrogens (tertiary/aromatic N) is 3. The number of methoxy groups -OCH3 is 2. The molecule has 210 valence electrons. The van der Waals surface area contributed by atoms with Crippen molar-refractivity contribution in [3.63, 3.8) is 0 Å². The highest BCUT2D eigenvalue weighted by atomic mass is 16.5. The second kappa shape index (κ2) is 12.3. The van der Waals surface area contributed by atoms with E-state index in [0.717, 1.165) is 69.2 Å². The van der Waals surface area contributed by atoms with Crippen molar-refractivity contribution in [2.45, 2.75) is 19.8 Å². The molecule has 0 spiro atoms. The number of hydrogen-bond donors (Lipinski definition) is 1. The summed E-state index contributed by atoms with van der Waals surface area (Å²) in [6, 6.07) is 20.7. The maximum Gasteiger partial charge on any atom is 0.256 e. The number of benzene rings is 3. The van der Waals surface area contributed by atoms with Crippen LogP contribution in [0.5, 0.6) is 11.5 Å². The highest BCUT2D eigenvalue weighted by Gasteiger charge is 2.28. The smallest absolute Gasteiger partial charge is 0.256 e. The van der Waals surface area contributed by atoms with E-state index in [4.69, 9.17) is 9.47 Å². The molecule has 2 fully saturated rings. The first-order valence-corrected chi connectivity index (χ1v) is 14.0. The minimum absolute atomic E-state index is 0.0228. The fourth-order valence-electron chi connectivity index (χ4n) is 5.47. The molecule has 5 rings (SSSR count). The van der Waals surface area contributed by atoms with E-state index < -0.39 is 0 Å². The zero-order valence-corrected chi connectivity index (χ0v) is 23.6. The predicted molar refractivity (Wildman–Crippen MR) is 159 cm³/mol.